The topological polar surface area (TPSA) is 113 Å². The number of pyridine rings is 1. The first kappa shape index (κ1) is 23.2. The largest absolute Gasteiger partial charge is 0.288 e. The lowest BCUT2D eigenvalue weighted by Crippen LogP contribution is -2.68. The van der Waals surface area contributed by atoms with Crippen molar-refractivity contribution in [2.24, 2.45) is 0 Å². The molecule has 3 aromatic carbocycles. The summed E-state index contributed by atoms with van der Waals surface area (Å²) in [4.78, 5) is 12.9. The van der Waals surface area contributed by atoms with Gasteiger partial charge in [0, 0.05) is 29.3 Å². The molecule has 162 valence electrons. The summed E-state index contributed by atoms with van der Waals surface area (Å²) in [6, 6.07) is 29.1. The molecule has 4 aromatic rings. The highest BCUT2D eigenvalue weighted by molar-refractivity contribution is 6.08. The summed E-state index contributed by atoms with van der Waals surface area (Å²) in [5, 5.41) is 0. The molecule has 0 N–H and O–H groups in total. The maximum atomic E-state index is 13.4. The molecule has 0 fully saturated rings. The van der Waals surface area contributed by atoms with E-state index >= 15 is 0 Å². The van der Waals surface area contributed by atoms with Gasteiger partial charge in [-0.1, -0.05) is 48.5 Å². The Morgan fingerprint density at radius 1 is 0.688 bits per heavy atom. The maximum absolute atomic E-state index is 13.4. The first-order valence-electron chi connectivity index (χ1n) is 9.31. The summed E-state index contributed by atoms with van der Waals surface area (Å²) < 4.78 is 49.3. The van der Waals surface area contributed by atoms with Crippen LogP contribution in [0.5, 0.6) is 0 Å². The van der Waals surface area contributed by atoms with Crippen LogP contribution in [0.4, 0.5) is 4.39 Å². The lowest BCUT2D eigenvalue weighted by Gasteiger charge is -2.17. The number of hydrogen-bond acceptors (Lipinski definition) is 5. The van der Waals surface area contributed by atoms with E-state index in [2.05, 4.69) is 0 Å². The molecule has 0 atom stereocenters. The van der Waals surface area contributed by atoms with Crippen LogP contribution in [-0.4, -0.2) is 5.78 Å². The van der Waals surface area contributed by atoms with Gasteiger partial charge in [0.1, 0.15) is 5.82 Å². The maximum Gasteiger partial charge on any atom is 0.218 e. The SMILES string of the molecule is O=C(c1ccccc1)c1ccc(-c2ccccc2)[n+](-c2ccc(F)cc2)c1.[O-][Cl+3]([O-])([O-])[O-]. The van der Waals surface area contributed by atoms with E-state index < -0.39 is 10.2 Å². The van der Waals surface area contributed by atoms with E-state index in [9.17, 15) is 9.18 Å². The van der Waals surface area contributed by atoms with Crippen LogP contribution in [0.25, 0.3) is 16.9 Å². The van der Waals surface area contributed by atoms with Crippen molar-refractivity contribution in [1.82, 2.24) is 0 Å². The average Bonchev–Trinajstić information content (AvgIpc) is 2.79. The minimum Gasteiger partial charge on any atom is -0.288 e. The Hall–Kier alpha value is -3.46. The molecule has 0 saturated carbocycles. The molecule has 32 heavy (non-hydrogen) atoms. The van der Waals surface area contributed by atoms with E-state index in [4.69, 9.17) is 18.6 Å². The fraction of sp³-hybridized carbons (Fsp3) is 0. The molecule has 0 aliphatic carbocycles. The van der Waals surface area contributed by atoms with Crippen molar-refractivity contribution in [2.45, 2.75) is 0 Å². The first-order valence-corrected chi connectivity index (χ1v) is 10.5. The number of ketones is 1. The minimum atomic E-state index is -4.94. The van der Waals surface area contributed by atoms with E-state index in [1.54, 1.807) is 24.3 Å². The number of hydrogen-bond donors (Lipinski definition) is 0. The first-order chi connectivity index (χ1) is 15.2. The average molecular weight is 454 g/mol. The predicted octanol–water partition coefficient (Wildman–Crippen LogP) is 0.244. The third-order valence-corrected chi connectivity index (χ3v) is 4.42. The van der Waals surface area contributed by atoms with Gasteiger partial charge in [0.15, 0.2) is 12.0 Å². The zero-order valence-electron chi connectivity index (χ0n) is 16.6. The van der Waals surface area contributed by atoms with Crippen molar-refractivity contribution in [3.8, 4) is 16.9 Å². The fourth-order valence-electron chi connectivity index (χ4n) is 3.05. The predicted molar refractivity (Wildman–Crippen MR) is 103 cm³/mol. The van der Waals surface area contributed by atoms with Crippen LogP contribution in [0, 0.1) is 16.1 Å². The molecule has 0 saturated heterocycles. The molecule has 0 radical (unpaired) electrons. The third kappa shape index (κ3) is 6.52. The number of aromatic nitrogens is 1. The fourth-order valence-corrected chi connectivity index (χ4v) is 3.05. The van der Waals surface area contributed by atoms with Crippen LogP contribution in [0.3, 0.4) is 0 Å². The molecule has 0 bridgehead atoms. The van der Waals surface area contributed by atoms with Gasteiger partial charge in [0.25, 0.3) is 0 Å². The zero-order valence-corrected chi connectivity index (χ0v) is 17.3. The van der Waals surface area contributed by atoms with Gasteiger partial charge in [-0.15, -0.1) is 10.2 Å². The Morgan fingerprint density at radius 3 is 1.78 bits per heavy atom. The second-order valence-electron chi connectivity index (χ2n) is 6.59. The Balaban J connectivity index is 0.000000523. The van der Waals surface area contributed by atoms with Gasteiger partial charge in [0.05, 0.1) is 5.56 Å². The molecule has 0 unspecified atom stereocenters. The number of halogens is 2. The van der Waals surface area contributed by atoms with E-state index in [0.29, 0.717) is 11.1 Å². The molecule has 0 amide bonds. The minimum absolute atomic E-state index is 0.0499. The number of carbonyl (C=O) groups is 1. The molecule has 6 nitrogen and oxygen atoms in total. The Labute approximate surface area is 185 Å². The second-order valence-corrected chi connectivity index (χ2v) is 7.34. The zero-order chi connectivity index (χ0) is 23.1. The van der Waals surface area contributed by atoms with Crippen LogP contribution in [0.2, 0.25) is 0 Å². The van der Waals surface area contributed by atoms with Crippen LogP contribution in [0.1, 0.15) is 15.9 Å². The third-order valence-electron chi connectivity index (χ3n) is 4.42. The van der Waals surface area contributed by atoms with Gasteiger partial charge in [-0.25, -0.2) is 23.0 Å². The number of carbonyl (C=O) groups excluding carboxylic acids is 1. The number of rotatable bonds is 4. The summed E-state index contributed by atoms with van der Waals surface area (Å²) in [7, 11) is -4.94. The molecule has 0 spiro atoms. The smallest absolute Gasteiger partial charge is 0.218 e. The molecule has 1 aromatic heterocycles. The highest BCUT2D eigenvalue weighted by atomic mass is 35.7. The lowest BCUT2D eigenvalue weighted by molar-refractivity contribution is -2.00. The van der Waals surface area contributed by atoms with Crippen LogP contribution < -0.4 is 23.2 Å². The Morgan fingerprint density at radius 2 is 1.22 bits per heavy atom. The molecule has 4 rings (SSSR count). The van der Waals surface area contributed by atoms with Crippen LogP contribution in [-0.2, 0) is 0 Å². The normalized spacial score (nSPS) is 10.8. The van der Waals surface area contributed by atoms with Crippen LogP contribution >= 0.6 is 0 Å². The molecule has 0 aliphatic rings. The van der Waals surface area contributed by atoms with E-state index in [0.717, 1.165) is 16.9 Å². The molecular formula is C24H17ClFNO5. The van der Waals surface area contributed by atoms with Crippen molar-refractivity contribution >= 4 is 5.78 Å². The summed E-state index contributed by atoms with van der Waals surface area (Å²) >= 11 is 0. The quantitative estimate of drug-likeness (QED) is 0.324. The van der Waals surface area contributed by atoms with Gasteiger partial charge in [-0.2, -0.15) is 4.57 Å². The number of benzene rings is 3. The van der Waals surface area contributed by atoms with Crippen molar-refractivity contribution in [2.75, 3.05) is 0 Å². The monoisotopic (exact) mass is 453 g/mol. The van der Waals surface area contributed by atoms with E-state index in [1.165, 1.54) is 12.1 Å². The van der Waals surface area contributed by atoms with Crippen molar-refractivity contribution in [1.29, 1.82) is 0 Å². The Kier molecular flexibility index (Phi) is 7.42. The number of nitrogens with zero attached hydrogens (tertiary/aromatic N) is 1. The molecule has 0 aliphatic heterocycles. The summed E-state index contributed by atoms with van der Waals surface area (Å²) in [6.45, 7) is 0. The van der Waals surface area contributed by atoms with Crippen molar-refractivity contribution in [3.05, 3.63) is 120 Å². The van der Waals surface area contributed by atoms with Gasteiger partial charge in [-0.05, 0) is 30.3 Å². The standard InChI is InChI=1S/C24H17FNO.ClHO4/c25-21-12-14-22(15-13-21)26-17-20(24(27)19-9-5-2-6-10-19)11-16-23(26)18-7-3-1-4-8-18;2-1(3,4)5/h1-17H;(H,2,3,4,5)/q+1;/p-1. The van der Waals surface area contributed by atoms with Crippen molar-refractivity contribution < 1.29 is 42.6 Å². The van der Waals surface area contributed by atoms with E-state index in [1.807, 2.05) is 71.4 Å². The van der Waals surface area contributed by atoms with Gasteiger partial charge in [-0.3, -0.25) is 4.79 Å². The summed E-state index contributed by atoms with van der Waals surface area (Å²) in [5.41, 5.74) is 3.94. The highest BCUT2D eigenvalue weighted by Crippen LogP contribution is 2.19. The van der Waals surface area contributed by atoms with E-state index in [-0.39, 0.29) is 11.6 Å². The van der Waals surface area contributed by atoms with Gasteiger partial charge in [0.2, 0.25) is 11.4 Å². The van der Waals surface area contributed by atoms with Gasteiger partial charge < -0.3 is 0 Å². The summed E-state index contributed by atoms with van der Waals surface area (Å²) in [6.07, 6.45) is 1.81. The van der Waals surface area contributed by atoms with Crippen LogP contribution in [0.15, 0.2) is 103 Å². The second kappa shape index (κ2) is 10.2. The molecule has 8 heteroatoms. The highest BCUT2D eigenvalue weighted by Gasteiger charge is 2.20. The molecular weight excluding hydrogens is 437 g/mol. The summed E-state index contributed by atoms with van der Waals surface area (Å²) in [5.74, 6) is -0.344. The Bertz CT molecular complexity index is 1170. The lowest BCUT2D eigenvalue weighted by atomic mass is 10.0. The van der Waals surface area contributed by atoms with Gasteiger partial charge >= 0.3 is 0 Å². The molecule has 1 heterocycles. The van der Waals surface area contributed by atoms with Crippen molar-refractivity contribution in [3.63, 3.8) is 0 Å².